The Bertz CT molecular complexity index is 193. The lowest BCUT2D eigenvalue weighted by Gasteiger charge is -1.95. The summed E-state index contributed by atoms with van der Waals surface area (Å²) in [6.07, 6.45) is 4.00. The molecule has 0 amide bonds. The third kappa shape index (κ3) is 4.86. The van der Waals surface area contributed by atoms with Gasteiger partial charge in [0.05, 0.1) is 0 Å². The van der Waals surface area contributed by atoms with Crippen LogP contribution >= 0.6 is 11.6 Å². The van der Waals surface area contributed by atoms with E-state index in [-0.39, 0.29) is 0 Å². The van der Waals surface area contributed by atoms with Gasteiger partial charge in [-0.2, -0.15) is 0 Å². The minimum absolute atomic E-state index is 0.506. The molecule has 1 heteroatoms. The quantitative estimate of drug-likeness (QED) is 0.448. The molecule has 0 unspecified atom stereocenters. The van der Waals surface area contributed by atoms with Crippen LogP contribution in [0.3, 0.4) is 0 Å². The molecule has 0 radical (unpaired) electrons. The van der Waals surface area contributed by atoms with Crippen molar-refractivity contribution in [1.29, 1.82) is 0 Å². The zero-order valence-electron chi connectivity index (χ0n) is 7.45. The van der Waals surface area contributed by atoms with Crippen molar-refractivity contribution in [3.05, 3.63) is 35.5 Å². The van der Waals surface area contributed by atoms with Gasteiger partial charge in [0.25, 0.3) is 0 Å². The summed E-state index contributed by atoms with van der Waals surface area (Å²) in [5.41, 5.74) is 3.55. The minimum atomic E-state index is 0.506. The Morgan fingerprint density at radius 1 is 1.27 bits per heavy atom. The molecule has 0 atom stereocenters. The van der Waals surface area contributed by atoms with Crippen molar-refractivity contribution in [3.63, 3.8) is 0 Å². The molecule has 0 aliphatic rings. The molecular weight excluding hydrogens is 156 g/mol. The zero-order chi connectivity index (χ0) is 8.85. The Kier molecular flexibility index (Phi) is 4.97. The highest BCUT2D eigenvalue weighted by molar-refractivity contribution is 6.19. The molecule has 0 rings (SSSR count). The van der Waals surface area contributed by atoms with Crippen LogP contribution < -0.4 is 0 Å². The molecule has 0 saturated carbocycles. The fourth-order valence-electron chi connectivity index (χ4n) is 0.454. The number of alkyl halides is 1. The first kappa shape index (κ1) is 10.5. The normalized spacial score (nSPS) is 10.2. The van der Waals surface area contributed by atoms with Crippen molar-refractivity contribution in [2.75, 3.05) is 5.88 Å². The number of halogens is 1. The summed E-state index contributed by atoms with van der Waals surface area (Å²) >= 11 is 5.55. The maximum absolute atomic E-state index is 5.55. The summed E-state index contributed by atoms with van der Waals surface area (Å²) < 4.78 is 0. The fourth-order valence-corrected chi connectivity index (χ4v) is 0.543. The molecule has 11 heavy (non-hydrogen) atoms. The van der Waals surface area contributed by atoms with Crippen LogP contribution in [0, 0.1) is 0 Å². The lowest BCUT2D eigenvalue weighted by atomic mass is 10.1. The van der Waals surface area contributed by atoms with Crippen LogP contribution in [0.25, 0.3) is 0 Å². The van der Waals surface area contributed by atoms with Gasteiger partial charge in [0.1, 0.15) is 0 Å². The van der Waals surface area contributed by atoms with E-state index in [0.29, 0.717) is 5.88 Å². The second-order valence-corrected chi connectivity index (χ2v) is 3.08. The average Bonchev–Trinajstić information content (AvgIpc) is 1.99. The highest BCUT2D eigenvalue weighted by atomic mass is 35.5. The summed E-state index contributed by atoms with van der Waals surface area (Å²) in [7, 11) is 0. The molecule has 0 heterocycles. The predicted octanol–water partition coefficient (Wildman–Crippen LogP) is 3.69. The smallest absolute Gasteiger partial charge is 0.0468 e. The second-order valence-electron chi connectivity index (χ2n) is 2.81. The molecule has 0 fully saturated rings. The summed E-state index contributed by atoms with van der Waals surface area (Å²) in [6.45, 7) is 10.0. The lowest BCUT2D eigenvalue weighted by Crippen LogP contribution is -1.77. The molecule has 0 bridgehead atoms. The van der Waals surface area contributed by atoms with Crippen molar-refractivity contribution >= 4 is 11.6 Å². The first-order chi connectivity index (χ1) is 5.07. The third-order valence-corrected chi connectivity index (χ3v) is 1.87. The van der Waals surface area contributed by atoms with Gasteiger partial charge in [0, 0.05) is 5.88 Å². The maximum atomic E-state index is 5.55. The third-order valence-electron chi connectivity index (χ3n) is 1.53. The summed E-state index contributed by atoms with van der Waals surface area (Å²) in [6, 6.07) is 0. The Labute approximate surface area is 74.3 Å². The molecular formula is C10H15Cl. The largest absolute Gasteiger partial charge is 0.122 e. The standard InChI is InChI=1S/C10H15Cl/c1-8(2)10(4)6-5-9(3)7-11/h5-6H,3,7H2,1-2,4H3/b6-5-. The topological polar surface area (TPSA) is 0 Å². The van der Waals surface area contributed by atoms with E-state index >= 15 is 0 Å². The molecule has 0 aromatic carbocycles. The summed E-state index contributed by atoms with van der Waals surface area (Å²) in [4.78, 5) is 0. The van der Waals surface area contributed by atoms with Crippen molar-refractivity contribution in [3.8, 4) is 0 Å². The Morgan fingerprint density at radius 2 is 1.82 bits per heavy atom. The molecule has 0 aromatic rings. The van der Waals surface area contributed by atoms with Crippen LogP contribution in [0.5, 0.6) is 0 Å². The second kappa shape index (κ2) is 5.20. The van der Waals surface area contributed by atoms with Crippen LogP contribution in [0.4, 0.5) is 0 Å². The number of rotatable bonds is 3. The average molecular weight is 171 g/mol. The van der Waals surface area contributed by atoms with E-state index in [1.54, 1.807) is 0 Å². The minimum Gasteiger partial charge on any atom is -0.122 e. The number of hydrogen-bond donors (Lipinski definition) is 0. The van der Waals surface area contributed by atoms with Crippen molar-refractivity contribution in [2.24, 2.45) is 0 Å². The SMILES string of the molecule is C=C(/C=C\C(C)=C(C)C)CCl. The molecule has 0 spiro atoms. The van der Waals surface area contributed by atoms with Gasteiger partial charge in [-0.25, -0.2) is 0 Å². The van der Waals surface area contributed by atoms with Gasteiger partial charge in [-0.15, -0.1) is 11.6 Å². The number of allylic oxidation sites excluding steroid dienone is 5. The maximum Gasteiger partial charge on any atom is 0.0468 e. The molecule has 0 aromatic heterocycles. The highest BCUT2D eigenvalue weighted by Crippen LogP contribution is 2.05. The van der Waals surface area contributed by atoms with Gasteiger partial charge in [-0.3, -0.25) is 0 Å². The van der Waals surface area contributed by atoms with E-state index in [0.717, 1.165) is 5.57 Å². The first-order valence-corrected chi connectivity index (χ1v) is 4.17. The van der Waals surface area contributed by atoms with Gasteiger partial charge >= 0.3 is 0 Å². The van der Waals surface area contributed by atoms with E-state index < -0.39 is 0 Å². The van der Waals surface area contributed by atoms with Gasteiger partial charge in [0.15, 0.2) is 0 Å². The Balaban J connectivity index is 4.15. The zero-order valence-corrected chi connectivity index (χ0v) is 8.20. The molecule has 0 N–H and O–H groups in total. The highest BCUT2D eigenvalue weighted by Gasteiger charge is 1.86. The molecule has 0 nitrogen and oxygen atoms in total. The first-order valence-electron chi connectivity index (χ1n) is 3.64. The predicted molar refractivity (Wildman–Crippen MR) is 53.0 cm³/mol. The molecule has 0 aliphatic heterocycles. The van der Waals surface area contributed by atoms with Crippen LogP contribution in [-0.2, 0) is 0 Å². The van der Waals surface area contributed by atoms with Crippen LogP contribution in [-0.4, -0.2) is 5.88 Å². The fraction of sp³-hybridized carbons (Fsp3) is 0.400. The van der Waals surface area contributed by atoms with Gasteiger partial charge in [-0.05, 0) is 26.3 Å². The monoisotopic (exact) mass is 170 g/mol. The molecule has 62 valence electrons. The number of hydrogen-bond acceptors (Lipinski definition) is 0. The van der Waals surface area contributed by atoms with Gasteiger partial charge < -0.3 is 0 Å². The molecule has 0 aliphatic carbocycles. The van der Waals surface area contributed by atoms with E-state index in [4.69, 9.17) is 11.6 Å². The van der Waals surface area contributed by atoms with E-state index in [2.05, 4.69) is 27.4 Å². The van der Waals surface area contributed by atoms with Gasteiger partial charge in [-0.1, -0.05) is 29.9 Å². The van der Waals surface area contributed by atoms with Crippen LogP contribution in [0.15, 0.2) is 35.5 Å². The van der Waals surface area contributed by atoms with Crippen molar-refractivity contribution in [1.82, 2.24) is 0 Å². The van der Waals surface area contributed by atoms with Gasteiger partial charge in [0.2, 0.25) is 0 Å². The summed E-state index contributed by atoms with van der Waals surface area (Å²) in [5.74, 6) is 0.506. The van der Waals surface area contributed by atoms with Crippen molar-refractivity contribution < 1.29 is 0 Å². The summed E-state index contributed by atoms with van der Waals surface area (Å²) in [5, 5.41) is 0. The van der Waals surface area contributed by atoms with E-state index in [9.17, 15) is 0 Å². The lowest BCUT2D eigenvalue weighted by molar-refractivity contribution is 1.29. The molecule has 0 saturated heterocycles. The van der Waals surface area contributed by atoms with Crippen molar-refractivity contribution in [2.45, 2.75) is 20.8 Å². The van der Waals surface area contributed by atoms with Crippen LogP contribution in [0.2, 0.25) is 0 Å². The van der Waals surface area contributed by atoms with Crippen LogP contribution in [0.1, 0.15) is 20.8 Å². The Hall–Kier alpha value is -0.490. The Morgan fingerprint density at radius 3 is 2.18 bits per heavy atom. The van der Waals surface area contributed by atoms with E-state index in [1.165, 1.54) is 11.1 Å². The van der Waals surface area contributed by atoms with E-state index in [1.807, 2.05) is 12.2 Å².